The lowest BCUT2D eigenvalue weighted by Crippen LogP contribution is -2.38. The predicted molar refractivity (Wildman–Crippen MR) is 124 cm³/mol. The maximum Gasteiger partial charge on any atom is 0.341 e. The highest BCUT2D eigenvalue weighted by Gasteiger charge is 2.50. The Morgan fingerprint density at radius 1 is 1.00 bits per heavy atom. The van der Waals surface area contributed by atoms with Crippen LogP contribution in [0.5, 0.6) is 0 Å². The van der Waals surface area contributed by atoms with E-state index in [1.807, 2.05) is 86.6 Å². The lowest BCUT2D eigenvalue weighted by Gasteiger charge is -2.29. The molecule has 5 rings (SSSR count). The first-order valence-electron chi connectivity index (χ1n) is 10.2. The van der Waals surface area contributed by atoms with Gasteiger partial charge in [-0.1, -0.05) is 60.1 Å². The minimum Gasteiger partial charge on any atom is -0.405 e. The molecule has 5 heteroatoms. The molecule has 0 amide bonds. The number of aromatic nitrogens is 1. The molecule has 4 nitrogen and oxygen atoms in total. The maximum absolute atomic E-state index is 13.3. The van der Waals surface area contributed by atoms with Gasteiger partial charge in [-0.15, -0.1) is 0 Å². The number of nitrogens with one attached hydrogen (secondary N) is 1. The van der Waals surface area contributed by atoms with Crippen molar-refractivity contribution in [2.45, 2.75) is 25.3 Å². The second kappa shape index (κ2) is 7.40. The highest BCUT2D eigenvalue weighted by molar-refractivity contribution is 6.30. The summed E-state index contributed by atoms with van der Waals surface area (Å²) in [5, 5.41) is 1.67. The van der Waals surface area contributed by atoms with Gasteiger partial charge in [0.25, 0.3) is 0 Å². The molecule has 0 saturated carbocycles. The summed E-state index contributed by atoms with van der Waals surface area (Å²) in [6, 6.07) is 25.2. The number of aryl methyl sites for hydroxylation is 1. The van der Waals surface area contributed by atoms with Gasteiger partial charge in [-0.3, -0.25) is 0 Å². The van der Waals surface area contributed by atoms with E-state index in [1.54, 1.807) is 0 Å². The molecule has 0 unspecified atom stereocenters. The first-order chi connectivity index (χ1) is 15.0. The number of carbonyl (C=O) groups excluding carboxylic acids is 1. The van der Waals surface area contributed by atoms with Gasteiger partial charge in [0, 0.05) is 33.1 Å². The van der Waals surface area contributed by atoms with Crippen molar-refractivity contribution < 1.29 is 9.53 Å². The number of H-pyrrole nitrogens is 1. The van der Waals surface area contributed by atoms with Crippen LogP contribution >= 0.6 is 11.6 Å². The number of hydrogen-bond acceptors (Lipinski definition) is 3. The monoisotopic (exact) mass is 428 g/mol. The third kappa shape index (κ3) is 3.24. The Kier molecular flexibility index (Phi) is 4.67. The van der Waals surface area contributed by atoms with Crippen LogP contribution in [-0.2, 0) is 9.53 Å². The number of halogens is 1. The molecule has 0 bridgehead atoms. The molecule has 31 heavy (non-hydrogen) atoms. The van der Waals surface area contributed by atoms with Gasteiger partial charge in [0.05, 0.1) is 0 Å². The number of aliphatic imine (C=N–C) groups is 1. The average molecular weight is 429 g/mol. The lowest BCUT2D eigenvalue weighted by atomic mass is 9.75. The van der Waals surface area contributed by atoms with Gasteiger partial charge in [-0.05, 0) is 55.3 Å². The Bertz CT molecular complexity index is 1330. The quantitative estimate of drug-likeness (QED) is 0.404. The second-order valence-electron chi connectivity index (χ2n) is 8.02. The number of nitrogens with zero attached hydrogens (tertiary/aromatic N) is 1. The summed E-state index contributed by atoms with van der Waals surface area (Å²) in [6.07, 6.45) is 0. The van der Waals surface area contributed by atoms with Crippen molar-refractivity contribution in [2.24, 2.45) is 4.99 Å². The van der Waals surface area contributed by atoms with Crippen LogP contribution in [-0.4, -0.2) is 22.4 Å². The van der Waals surface area contributed by atoms with E-state index < -0.39 is 5.54 Å². The van der Waals surface area contributed by atoms with E-state index in [2.05, 4.69) is 11.1 Å². The van der Waals surface area contributed by atoms with Gasteiger partial charge in [-0.25, -0.2) is 9.79 Å². The first kappa shape index (κ1) is 19.6. The molecule has 4 aromatic rings. The van der Waals surface area contributed by atoms with Crippen LogP contribution in [0.4, 0.5) is 0 Å². The minimum absolute atomic E-state index is 0.345. The molecular weight excluding hydrogens is 408 g/mol. The lowest BCUT2D eigenvalue weighted by molar-refractivity contribution is -0.138. The van der Waals surface area contributed by atoms with Gasteiger partial charge in [0.2, 0.25) is 5.90 Å². The van der Waals surface area contributed by atoms with Crippen molar-refractivity contribution in [1.29, 1.82) is 0 Å². The number of cyclic esters (lactones) is 1. The summed E-state index contributed by atoms with van der Waals surface area (Å²) < 4.78 is 5.71. The largest absolute Gasteiger partial charge is 0.405 e. The molecule has 0 fully saturated rings. The Balaban J connectivity index is 1.76. The number of ether oxygens (including phenoxy) is 1. The zero-order chi connectivity index (χ0) is 21.6. The molecule has 2 heterocycles. The molecule has 3 aromatic carbocycles. The van der Waals surface area contributed by atoms with Crippen LogP contribution < -0.4 is 0 Å². The van der Waals surface area contributed by atoms with Crippen molar-refractivity contribution in [3.05, 3.63) is 106 Å². The number of aromatic amines is 1. The summed E-state index contributed by atoms with van der Waals surface area (Å²) in [5.41, 5.74) is 3.58. The van der Waals surface area contributed by atoms with E-state index in [0.717, 1.165) is 33.3 Å². The molecule has 154 valence electrons. The third-order valence-corrected chi connectivity index (χ3v) is 6.17. The van der Waals surface area contributed by atoms with Crippen LogP contribution in [0.25, 0.3) is 10.9 Å². The highest BCUT2D eigenvalue weighted by atomic mass is 35.5. The van der Waals surface area contributed by atoms with Crippen LogP contribution in [0.15, 0.2) is 83.9 Å². The molecule has 2 atom stereocenters. The van der Waals surface area contributed by atoms with Crippen molar-refractivity contribution >= 4 is 34.4 Å². The molecule has 1 aromatic heterocycles. The summed E-state index contributed by atoms with van der Waals surface area (Å²) >= 11 is 6.36. The van der Waals surface area contributed by atoms with Gasteiger partial charge >= 0.3 is 5.97 Å². The second-order valence-corrected chi connectivity index (χ2v) is 8.45. The Labute approximate surface area is 185 Å². The fraction of sp³-hybridized carbons (Fsp3) is 0.154. The van der Waals surface area contributed by atoms with Crippen molar-refractivity contribution in [3.63, 3.8) is 0 Å². The standard InChI is InChI=1S/C26H21ClN2O2/c1-16-22(20-13-6-7-14-21(20)28-16)23(18-11-8-12-19(27)15-18)26(2)25(30)31-24(29-26)17-9-4-3-5-10-17/h3-15,23,28H,1-2H3/t23-,26+/m1/s1. The van der Waals surface area contributed by atoms with Crippen molar-refractivity contribution in [2.75, 3.05) is 0 Å². The molecular formula is C26H21ClN2O2. The maximum atomic E-state index is 13.3. The van der Waals surface area contributed by atoms with E-state index in [-0.39, 0.29) is 11.9 Å². The number of esters is 1. The van der Waals surface area contributed by atoms with Gasteiger partial charge < -0.3 is 9.72 Å². The van der Waals surface area contributed by atoms with Crippen LogP contribution in [0.2, 0.25) is 5.02 Å². The third-order valence-electron chi connectivity index (χ3n) is 5.93. The molecule has 0 spiro atoms. The van der Waals surface area contributed by atoms with Crippen LogP contribution in [0, 0.1) is 6.92 Å². The van der Waals surface area contributed by atoms with Crippen LogP contribution in [0.1, 0.15) is 35.2 Å². The number of carbonyl (C=O) groups is 1. The topological polar surface area (TPSA) is 54.4 Å². The Morgan fingerprint density at radius 2 is 1.74 bits per heavy atom. The summed E-state index contributed by atoms with van der Waals surface area (Å²) in [4.78, 5) is 21.7. The number of benzene rings is 3. The Hall–Kier alpha value is -3.37. The number of hydrogen-bond donors (Lipinski definition) is 1. The minimum atomic E-state index is -1.15. The SMILES string of the molecule is Cc1[nH]c2ccccc2c1[C@@H](c1cccc(Cl)c1)[C@]1(C)N=C(c2ccccc2)OC1=O. The zero-order valence-electron chi connectivity index (χ0n) is 17.2. The number of fused-ring (bicyclic) bond motifs is 1. The molecule has 0 radical (unpaired) electrons. The summed E-state index contributed by atoms with van der Waals surface area (Å²) in [6.45, 7) is 3.87. The zero-order valence-corrected chi connectivity index (χ0v) is 18.0. The highest BCUT2D eigenvalue weighted by Crippen LogP contribution is 2.45. The molecule has 0 aliphatic carbocycles. The van der Waals surface area contributed by atoms with Gasteiger partial charge in [-0.2, -0.15) is 0 Å². The van der Waals surface area contributed by atoms with Crippen molar-refractivity contribution in [3.8, 4) is 0 Å². The van der Waals surface area contributed by atoms with Crippen molar-refractivity contribution in [1.82, 2.24) is 4.98 Å². The van der Waals surface area contributed by atoms with Gasteiger partial charge in [0.1, 0.15) is 0 Å². The summed E-state index contributed by atoms with van der Waals surface area (Å²) in [5.74, 6) is -0.408. The number of para-hydroxylation sites is 1. The molecule has 1 aliphatic heterocycles. The number of rotatable bonds is 4. The molecule has 1 aliphatic rings. The van der Waals surface area contributed by atoms with Gasteiger partial charge in [0.15, 0.2) is 5.54 Å². The van der Waals surface area contributed by atoms with E-state index in [4.69, 9.17) is 21.3 Å². The smallest absolute Gasteiger partial charge is 0.341 e. The van der Waals surface area contributed by atoms with E-state index in [1.165, 1.54) is 0 Å². The van der Waals surface area contributed by atoms with E-state index in [0.29, 0.717) is 10.9 Å². The average Bonchev–Trinajstić information content (AvgIpc) is 3.26. The predicted octanol–water partition coefficient (Wildman–Crippen LogP) is 6.02. The molecule has 0 saturated heterocycles. The fourth-order valence-corrected chi connectivity index (χ4v) is 4.68. The first-order valence-corrected chi connectivity index (χ1v) is 10.6. The van der Waals surface area contributed by atoms with E-state index >= 15 is 0 Å². The summed E-state index contributed by atoms with van der Waals surface area (Å²) in [7, 11) is 0. The Morgan fingerprint density at radius 3 is 2.52 bits per heavy atom. The van der Waals surface area contributed by atoms with Crippen LogP contribution in [0.3, 0.4) is 0 Å². The van der Waals surface area contributed by atoms with E-state index in [9.17, 15) is 4.79 Å². The fourth-order valence-electron chi connectivity index (χ4n) is 4.49. The normalized spacial score (nSPS) is 19.3. The molecule has 1 N–H and O–H groups in total.